The van der Waals surface area contributed by atoms with Crippen molar-refractivity contribution >= 4 is 16.9 Å². The molecule has 0 saturated heterocycles. The summed E-state index contributed by atoms with van der Waals surface area (Å²) in [6, 6.07) is 10.6. The zero-order chi connectivity index (χ0) is 16.7. The van der Waals surface area contributed by atoms with Crippen molar-refractivity contribution in [2.75, 3.05) is 7.11 Å². The Morgan fingerprint density at radius 3 is 2.79 bits per heavy atom. The summed E-state index contributed by atoms with van der Waals surface area (Å²) in [6.45, 7) is 0. The average molecular weight is 323 g/mol. The molecule has 0 unspecified atom stereocenters. The first-order chi connectivity index (χ1) is 11.7. The first-order valence-electron chi connectivity index (χ1n) is 7.41. The number of esters is 1. The van der Waals surface area contributed by atoms with E-state index in [9.17, 15) is 9.59 Å². The number of ether oxygens (including phenoxy) is 2. The van der Waals surface area contributed by atoms with Crippen LogP contribution >= 0.6 is 0 Å². The average Bonchev–Trinajstić information content (AvgIpc) is 3.03. The monoisotopic (exact) mass is 323 g/mol. The second-order valence-corrected chi connectivity index (χ2v) is 5.45. The van der Waals surface area contributed by atoms with Gasteiger partial charge in [-0.3, -0.25) is 4.98 Å². The maximum absolute atomic E-state index is 12.5. The number of hydrogen-bond donors (Lipinski definition) is 0. The number of hydrogen-bond acceptors (Lipinski definition) is 6. The maximum atomic E-state index is 12.5. The van der Waals surface area contributed by atoms with Gasteiger partial charge in [-0.1, -0.05) is 18.2 Å². The lowest BCUT2D eigenvalue weighted by molar-refractivity contribution is -0.148. The highest BCUT2D eigenvalue weighted by Crippen LogP contribution is 2.44. The molecule has 0 saturated carbocycles. The van der Waals surface area contributed by atoms with Gasteiger partial charge in [0.25, 0.3) is 0 Å². The van der Waals surface area contributed by atoms with Crippen LogP contribution in [0.3, 0.4) is 0 Å². The summed E-state index contributed by atoms with van der Waals surface area (Å²) < 4.78 is 16.1. The molecule has 0 amide bonds. The van der Waals surface area contributed by atoms with E-state index in [2.05, 4.69) is 4.98 Å². The van der Waals surface area contributed by atoms with E-state index >= 15 is 0 Å². The minimum atomic E-state index is -0.956. The third-order valence-corrected chi connectivity index (χ3v) is 4.13. The van der Waals surface area contributed by atoms with E-state index < -0.39 is 23.6 Å². The molecule has 0 fully saturated rings. The van der Waals surface area contributed by atoms with E-state index in [1.807, 2.05) is 6.07 Å². The number of para-hydroxylation sites is 1. The number of benzene rings is 1. The first kappa shape index (κ1) is 14.4. The summed E-state index contributed by atoms with van der Waals surface area (Å²) in [7, 11) is 1.29. The largest absolute Gasteiger partial charge is 0.476 e. The van der Waals surface area contributed by atoms with E-state index in [1.54, 1.807) is 42.7 Å². The molecule has 0 N–H and O–H groups in total. The summed E-state index contributed by atoms with van der Waals surface area (Å²) in [5.74, 6) is -0.809. The predicted molar refractivity (Wildman–Crippen MR) is 85.0 cm³/mol. The van der Waals surface area contributed by atoms with Gasteiger partial charge in [-0.15, -0.1) is 0 Å². The van der Waals surface area contributed by atoms with Crippen molar-refractivity contribution in [3.63, 3.8) is 0 Å². The fraction of sp³-hybridized carbons (Fsp3) is 0.167. The Bertz CT molecular complexity index is 980. The van der Waals surface area contributed by atoms with Gasteiger partial charge in [0, 0.05) is 12.4 Å². The molecule has 120 valence electrons. The van der Waals surface area contributed by atoms with Crippen molar-refractivity contribution in [3.05, 3.63) is 70.3 Å². The summed E-state index contributed by atoms with van der Waals surface area (Å²) >= 11 is 0. The number of carbonyl (C=O) groups is 1. The molecule has 0 bridgehead atoms. The van der Waals surface area contributed by atoms with E-state index in [4.69, 9.17) is 13.9 Å². The quantitative estimate of drug-likeness (QED) is 0.532. The molecule has 24 heavy (non-hydrogen) atoms. The highest BCUT2D eigenvalue weighted by atomic mass is 16.6. The van der Waals surface area contributed by atoms with Crippen LogP contribution in [-0.2, 0) is 9.53 Å². The Balaban J connectivity index is 2.00. The van der Waals surface area contributed by atoms with Crippen LogP contribution in [0, 0.1) is 0 Å². The number of pyridine rings is 1. The number of rotatable bonds is 2. The van der Waals surface area contributed by atoms with Crippen molar-refractivity contribution < 1.29 is 18.7 Å². The van der Waals surface area contributed by atoms with Crippen LogP contribution in [0.4, 0.5) is 0 Å². The molecule has 2 aromatic heterocycles. The Labute approximate surface area is 136 Å². The molecular weight excluding hydrogens is 310 g/mol. The second-order valence-electron chi connectivity index (χ2n) is 5.45. The van der Waals surface area contributed by atoms with Gasteiger partial charge in [-0.25, -0.2) is 9.59 Å². The molecule has 3 aromatic rings. The molecule has 1 aliphatic heterocycles. The van der Waals surface area contributed by atoms with Crippen LogP contribution < -0.4 is 10.4 Å². The normalized spacial score (nSPS) is 18.9. The van der Waals surface area contributed by atoms with E-state index in [0.29, 0.717) is 27.8 Å². The second kappa shape index (κ2) is 5.49. The van der Waals surface area contributed by atoms with E-state index in [1.165, 1.54) is 7.11 Å². The third kappa shape index (κ3) is 2.07. The lowest BCUT2D eigenvalue weighted by atomic mass is 9.89. The minimum Gasteiger partial charge on any atom is -0.476 e. The lowest BCUT2D eigenvalue weighted by Gasteiger charge is -2.16. The Kier molecular flexibility index (Phi) is 3.30. The highest BCUT2D eigenvalue weighted by Gasteiger charge is 2.44. The number of nitrogens with zero attached hydrogens (tertiary/aromatic N) is 1. The van der Waals surface area contributed by atoms with Crippen molar-refractivity contribution in [1.82, 2.24) is 4.98 Å². The first-order valence-corrected chi connectivity index (χ1v) is 7.41. The van der Waals surface area contributed by atoms with Crippen molar-refractivity contribution in [1.29, 1.82) is 0 Å². The van der Waals surface area contributed by atoms with Crippen molar-refractivity contribution in [2.45, 2.75) is 12.0 Å². The molecule has 6 heteroatoms. The van der Waals surface area contributed by atoms with Gasteiger partial charge in [0.1, 0.15) is 11.3 Å². The number of carbonyl (C=O) groups excluding carboxylic acids is 1. The molecule has 4 rings (SSSR count). The molecule has 0 spiro atoms. The smallest absolute Gasteiger partial charge is 0.348 e. The van der Waals surface area contributed by atoms with Crippen LogP contribution in [0.15, 0.2) is 58.0 Å². The van der Waals surface area contributed by atoms with Crippen LogP contribution in [0.2, 0.25) is 0 Å². The van der Waals surface area contributed by atoms with Crippen LogP contribution in [0.25, 0.3) is 11.0 Å². The molecule has 0 aliphatic carbocycles. The maximum Gasteiger partial charge on any atom is 0.348 e. The molecule has 1 aliphatic rings. The zero-order valence-electron chi connectivity index (χ0n) is 12.8. The summed E-state index contributed by atoms with van der Waals surface area (Å²) in [4.78, 5) is 28.8. The Hall–Kier alpha value is -3.15. The van der Waals surface area contributed by atoms with Crippen molar-refractivity contribution in [3.8, 4) is 5.75 Å². The Morgan fingerprint density at radius 2 is 2.04 bits per heavy atom. The van der Waals surface area contributed by atoms with Gasteiger partial charge in [-0.05, 0) is 23.8 Å². The summed E-state index contributed by atoms with van der Waals surface area (Å²) in [5, 5.41) is 0.646. The van der Waals surface area contributed by atoms with Gasteiger partial charge >= 0.3 is 11.6 Å². The number of aromatic nitrogens is 1. The standard InChI is InChI=1S/C18H13NO5/c1-22-18(21)16-13(10-5-4-8-19-9-10)14-15(24-16)11-6-2-3-7-12(11)23-17(14)20/h2-9,13,16H,1H3/t13-,16+/m1/s1. The van der Waals surface area contributed by atoms with Gasteiger partial charge in [-0.2, -0.15) is 0 Å². The lowest BCUT2D eigenvalue weighted by Crippen LogP contribution is -2.31. The van der Waals surface area contributed by atoms with Crippen molar-refractivity contribution in [2.24, 2.45) is 0 Å². The van der Waals surface area contributed by atoms with Crippen LogP contribution in [0.1, 0.15) is 17.0 Å². The third-order valence-electron chi connectivity index (χ3n) is 4.13. The van der Waals surface area contributed by atoms with Crippen LogP contribution in [0.5, 0.6) is 5.75 Å². The van der Waals surface area contributed by atoms with Gasteiger partial charge in [0.15, 0.2) is 0 Å². The molecule has 0 radical (unpaired) electrons. The van der Waals surface area contributed by atoms with E-state index in [0.717, 1.165) is 0 Å². The molecule has 1 aromatic carbocycles. The molecule has 6 nitrogen and oxygen atoms in total. The van der Waals surface area contributed by atoms with Gasteiger partial charge < -0.3 is 13.9 Å². The van der Waals surface area contributed by atoms with E-state index in [-0.39, 0.29) is 0 Å². The fourth-order valence-corrected chi connectivity index (χ4v) is 3.08. The predicted octanol–water partition coefficient (Wildman–Crippen LogP) is 2.25. The summed E-state index contributed by atoms with van der Waals surface area (Å²) in [5.41, 5.74) is 0.895. The number of fused-ring (bicyclic) bond motifs is 3. The number of methoxy groups -OCH3 is 1. The summed E-state index contributed by atoms with van der Waals surface area (Å²) in [6.07, 6.45) is 2.27. The topological polar surface area (TPSA) is 78.6 Å². The molecular formula is C18H13NO5. The SMILES string of the molecule is COC(=O)[C@H]1Oc2c(c(=O)oc3ccccc23)[C@H]1c1cccnc1. The molecule has 2 atom stereocenters. The van der Waals surface area contributed by atoms with Crippen LogP contribution in [-0.4, -0.2) is 24.2 Å². The highest BCUT2D eigenvalue weighted by molar-refractivity contribution is 5.88. The van der Waals surface area contributed by atoms with Gasteiger partial charge in [0.05, 0.1) is 24.0 Å². The zero-order valence-corrected chi connectivity index (χ0v) is 12.8. The minimum absolute atomic E-state index is 0.317. The fourth-order valence-electron chi connectivity index (χ4n) is 3.08. The van der Waals surface area contributed by atoms with Gasteiger partial charge in [0.2, 0.25) is 6.10 Å². The molecule has 3 heterocycles. The Morgan fingerprint density at radius 1 is 1.21 bits per heavy atom.